The Morgan fingerprint density at radius 3 is 2.06 bits per heavy atom. The lowest BCUT2D eigenvalue weighted by Crippen LogP contribution is -2.29. The van der Waals surface area contributed by atoms with Gasteiger partial charge in [-0.25, -0.2) is 0 Å². The largest absolute Gasteiger partial charge is 0.349 e. The zero-order valence-electron chi connectivity index (χ0n) is 38.1. The summed E-state index contributed by atoms with van der Waals surface area (Å²) in [5.41, 5.74) is 17.3. The summed E-state index contributed by atoms with van der Waals surface area (Å²) in [6.45, 7) is 23.0. The van der Waals surface area contributed by atoms with Gasteiger partial charge in [0.05, 0.1) is 33.6 Å². The van der Waals surface area contributed by atoms with Crippen molar-refractivity contribution in [2.24, 2.45) is 0 Å². The van der Waals surface area contributed by atoms with Crippen molar-refractivity contribution in [1.82, 2.24) is 4.57 Å². The van der Waals surface area contributed by atoms with E-state index in [1.165, 1.54) is 22.3 Å². The minimum Gasteiger partial charge on any atom is -0.349 e. The summed E-state index contributed by atoms with van der Waals surface area (Å²) in [5, 5.41) is 16.7. The molecule has 0 bridgehead atoms. The molecule has 0 aliphatic heterocycles. The zero-order valence-corrected chi connectivity index (χ0v) is 38.1. The van der Waals surface area contributed by atoms with Crippen LogP contribution in [0.2, 0.25) is 0 Å². The molecule has 3 heteroatoms. The first-order valence-corrected chi connectivity index (χ1v) is 22.5. The predicted octanol–water partition coefficient (Wildman–Crippen LogP) is 14.6. The second kappa shape index (κ2) is 21.3. The van der Waals surface area contributed by atoms with Gasteiger partial charge in [-0.3, -0.25) is 0 Å². The Morgan fingerprint density at radius 1 is 0.758 bits per heavy atom. The minimum absolute atomic E-state index is 0.599. The Balaban J connectivity index is 0.000000742. The lowest BCUT2D eigenvalue weighted by Gasteiger charge is -2.34. The number of hydrogen-bond donors (Lipinski definition) is 1. The summed E-state index contributed by atoms with van der Waals surface area (Å²) in [6.07, 6.45) is 19.0. The van der Waals surface area contributed by atoms with Crippen molar-refractivity contribution in [3.05, 3.63) is 293 Å². The highest BCUT2D eigenvalue weighted by molar-refractivity contribution is 5.89. The molecule has 1 N–H and O–H groups in total. The normalized spacial score (nSPS) is 15.2. The molecule has 0 amide bonds. The highest BCUT2D eigenvalue weighted by Gasteiger charge is 2.46. The number of nitrogens with zero attached hydrogens (tertiary/aromatic N) is 2. The Kier molecular flexibility index (Phi) is 14.7. The van der Waals surface area contributed by atoms with Gasteiger partial charge >= 0.3 is 0 Å². The molecular weight excluding hydrogens is 799 g/mol. The molecule has 2 aliphatic carbocycles. The molecule has 0 radical (unpaired) electrons. The maximum atomic E-state index is 9.86. The van der Waals surface area contributed by atoms with Gasteiger partial charge in [-0.05, 0) is 107 Å². The van der Waals surface area contributed by atoms with Crippen molar-refractivity contribution in [1.29, 1.82) is 5.26 Å². The average molecular weight is 854 g/mol. The second-order valence-electron chi connectivity index (χ2n) is 15.5. The summed E-state index contributed by atoms with van der Waals surface area (Å²) in [5.74, 6) is 0. The van der Waals surface area contributed by atoms with E-state index in [9.17, 15) is 5.26 Å². The number of anilines is 1. The van der Waals surface area contributed by atoms with Gasteiger partial charge in [0.15, 0.2) is 0 Å². The van der Waals surface area contributed by atoms with E-state index in [-0.39, 0.29) is 0 Å². The van der Waals surface area contributed by atoms with Crippen molar-refractivity contribution >= 4 is 28.7 Å². The van der Waals surface area contributed by atoms with Gasteiger partial charge in [0.25, 0.3) is 0 Å². The number of rotatable bonds is 12. The molecule has 1 atom stereocenters. The van der Waals surface area contributed by atoms with Gasteiger partial charge in [0.2, 0.25) is 0 Å². The zero-order chi connectivity index (χ0) is 46.5. The molecular formula is C63H55N3. The average Bonchev–Trinajstić information content (AvgIpc) is 4.02. The van der Waals surface area contributed by atoms with Crippen LogP contribution in [0, 0.1) is 11.3 Å². The number of benzene rings is 6. The van der Waals surface area contributed by atoms with Crippen molar-refractivity contribution in [2.45, 2.75) is 32.6 Å². The second-order valence-corrected chi connectivity index (χ2v) is 15.5. The monoisotopic (exact) mass is 853 g/mol. The van der Waals surface area contributed by atoms with Gasteiger partial charge in [-0.1, -0.05) is 204 Å². The molecule has 9 rings (SSSR count). The Hall–Kier alpha value is -8.41. The van der Waals surface area contributed by atoms with Crippen LogP contribution in [0.3, 0.4) is 0 Å². The Bertz CT molecular complexity index is 3240. The van der Waals surface area contributed by atoms with E-state index in [1.54, 1.807) is 0 Å². The maximum Gasteiger partial charge on any atom is 0.0992 e. The van der Waals surface area contributed by atoms with Gasteiger partial charge in [0, 0.05) is 33.1 Å². The standard InChI is InChI=1S/C55H43N3.C6H6.C2H6/c1-6-10-21-38(5)48-32-40(33-49-47-30-28-39(37-56)35-54(47)58(53(49)20-8-3)44-24-15-12-16-25-44)34-52(48)57-43-29-31-46-45-26-17-18-27-50(45)55(51(46)36-43,41(9-4)19-7-2)42-22-13-11-14-23-42;1-2-4-6-5-3-1;1-2/h6-20,22-33,35-36,57H,2-5,21H2,1H3;1-6H;1-2H3/b10-6-,41-19+,49-33?,53-20+;;. The fraction of sp³-hybridized carbons (Fsp3) is 0.0794. The summed E-state index contributed by atoms with van der Waals surface area (Å²) >= 11 is 0. The lowest BCUT2D eigenvalue weighted by molar-refractivity contribution is 0.768. The van der Waals surface area contributed by atoms with Gasteiger partial charge in [0.1, 0.15) is 0 Å². The summed E-state index contributed by atoms with van der Waals surface area (Å²) in [4.78, 5) is 0. The van der Waals surface area contributed by atoms with Crippen LogP contribution < -0.4 is 15.9 Å². The SMILES string of the molecule is C=C/C=C(\C=C)C1(c2ccccc2)c2ccccc2-c2ccc(NC3=C=C(C=c4/c(=C\C=C)n(-c5ccccc5)c5cc(C#N)ccc45)C=C3C(=C)C/C=C\C)cc21.CC.c1ccccc1. The van der Waals surface area contributed by atoms with Crippen molar-refractivity contribution in [2.75, 3.05) is 5.32 Å². The molecule has 6 aromatic carbocycles. The van der Waals surface area contributed by atoms with E-state index in [4.69, 9.17) is 0 Å². The van der Waals surface area contributed by atoms with Crippen LogP contribution >= 0.6 is 0 Å². The Labute approximate surface area is 390 Å². The number of nitriles is 1. The predicted molar refractivity (Wildman–Crippen MR) is 282 cm³/mol. The van der Waals surface area contributed by atoms with Crippen LogP contribution in [0.5, 0.6) is 0 Å². The first kappa shape index (κ1) is 45.6. The van der Waals surface area contributed by atoms with E-state index in [1.807, 2.05) is 118 Å². The molecule has 0 spiro atoms. The molecule has 322 valence electrons. The van der Waals surface area contributed by atoms with E-state index >= 15 is 0 Å². The highest BCUT2D eigenvalue weighted by Crippen LogP contribution is 2.57. The molecule has 0 saturated heterocycles. The van der Waals surface area contributed by atoms with Gasteiger partial charge in [-0.15, -0.1) is 0 Å². The molecule has 0 fully saturated rings. The number of allylic oxidation sites excluding steroid dienone is 9. The van der Waals surface area contributed by atoms with Crippen molar-refractivity contribution < 1.29 is 0 Å². The topological polar surface area (TPSA) is 40.8 Å². The summed E-state index contributed by atoms with van der Waals surface area (Å²) in [7, 11) is 0. The van der Waals surface area contributed by atoms with Crippen molar-refractivity contribution in [3.8, 4) is 22.9 Å². The van der Waals surface area contributed by atoms with Crippen molar-refractivity contribution in [3.63, 3.8) is 0 Å². The fourth-order valence-electron chi connectivity index (χ4n) is 8.98. The van der Waals surface area contributed by atoms with Crippen LogP contribution in [-0.2, 0) is 5.41 Å². The quantitative estimate of drug-likeness (QED) is 0.0756. The molecule has 2 aliphatic rings. The van der Waals surface area contributed by atoms with Gasteiger partial charge in [-0.2, -0.15) is 5.26 Å². The highest BCUT2D eigenvalue weighted by atomic mass is 15.0. The number of aromatic nitrogens is 1. The lowest BCUT2D eigenvalue weighted by atomic mass is 9.67. The third kappa shape index (κ3) is 8.88. The number of para-hydroxylation sites is 1. The van der Waals surface area contributed by atoms with E-state index < -0.39 is 5.41 Å². The minimum atomic E-state index is -0.607. The maximum absolute atomic E-state index is 9.86. The van der Waals surface area contributed by atoms with Crippen LogP contribution in [0.1, 0.15) is 49.4 Å². The van der Waals surface area contributed by atoms with Crippen LogP contribution in [-0.4, -0.2) is 4.57 Å². The third-order valence-electron chi connectivity index (χ3n) is 11.7. The first-order valence-electron chi connectivity index (χ1n) is 22.5. The van der Waals surface area contributed by atoms with E-state index in [0.29, 0.717) is 12.0 Å². The molecule has 3 nitrogen and oxygen atoms in total. The van der Waals surface area contributed by atoms with Gasteiger partial charge < -0.3 is 9.88 Å². The summed E-state index contributed by atoms with van der Waals surface area (Å²) < 4.78 is 2.19. The fourth-order valence-corrected chi connectivity index (χ4v) is 8.98. The smallest absolute Gasteiger partial charge is 0.0992 e. The number of hydrogen-bond acceptors (Lipinski definition) is 2. The molecule has 0 saturated carbocycles. The molecule has 1 unspecified atom stereocenters. The molecule has 1 heterocycles. The van der Waals surface area contributed by atoms with Crippen LogP contribution in [0.15, 0.2) is 260 Å². The molecule has 7 aromatic rings. The molecule has 66 heavy (non-hydrogen) atoms. The first-order chi connectivity index (χ1) is 32.5. The third-order valence-corrected chi connectivity index (χ3v) is 11.7. The van der Waals surface area contributed by atoms with E-state index in [2.05, 4.69) is 163 Å². The molecule has 1 aromatic heterocycles. The van der Waals surface area contributed by atoms with E-state index in [0.717, 1.165) is 66.4 Å². The van der Waals surface area contributed by atoms with Crippen LogP contribution in [0.4, 0.5) is 5.69 Å². The number of fused-ring (bicyclic) bond motifs is 4. The van der Waals surface area contributed by atoms with Crippen LogP contribution in [0.25, 0.3) is 39.9 Å². The summed E-state index contributed by atoms with van der Waals surface area (Å²) in [6, 6.07) is 56.4. The Morgan fingerprint density at radius 2 is 1.41 bits per heavy atom. The number of nitrogens with one attached hydrogen (secondary N) is 1.